The zero-order valence-electron chi connectivity index (χ0n) is 24.2. The molecule has 0 aromatic heterocycles. The Balaban J connectivity index is 1.76. The third kappa shape index (κ3) is 5.06. The number of hydrogen-bond donors (Lipinski definition) is 1. The van der Waals surface area contributed by atoms with Gasteiger partial charge in [-0.3, -0.25) is 19.3 Å². The summed E-state index contributed by atoms with van der Waals surface area (Å²) < 4.78 is 16.8. The molecule has 0 saturated heterocycles. The van der Waals surface area contributed by atoms with Crippen molar-refractivity contribution in [3.05, 3.63) is 88.6 Å². The van der Waals surface area contributed by atoms with Crippen LogP contribution in [0.5, 0.6) is 17.2 Å². The van der Waals surface area contributed by atoms with E-state index in [-0.39, 0.29) is 22.9 Å². The molecule has 1 amide bonds. The summed E-state index contributed by atoms with van der Waals surface area (Å²) in [4.78, 5) is 42.4. The minimum absolute atomic E-state index is 0.0536. The fourth-order valence-corrected chi connectivity index (χ4v) is 5.86. The first-order chi connectivity index (χ1) is 19.6. The summed E-state index contributed by atoms with van der Waals surface area (Å²) in [7, 11) is 4.57. The molecule has 8 heteroatoms. The van der Waals surface area contributed by atoms with Gasteiger partial charge in [0.1, 0.15) is 0 Å². The molecule has 212 valence electrons. The largest absolute Gasteiger partial charge is 0.493 e. The van der Waals surface area contributed by atoms with Crippen molar-refractivity contribution >= 4 is 28.8 Å². The van der Waals surface area contributed by atoms with Crippen LogP contribution in [0.2, 0.25) is 0 Å². The van der Waals surface area contributed by atoms with E-state index in [1.54, 1.807) is 47.4 Å². The Morgan fingerprint density at radius 2 is 1.54 bits per heavy atom. The van der Waals surface area contributed by atoms with Crippen LogP contribution in [0.3, 0.4) is 0 Å². The highest BCUT2D eigenvalue weighted by molar-refractivity contribution is 6.11. The molecule has 1 atom stereocenters. The Kier molecular flexibility index (Phi) is 7.34. The average Bonchev–Trinajstić information content (AvgIpc) is 3.09. The van der Waals surface area contributed by atoms with Crippen LogP contribution in [0.4, 0.5) is 11.4 Å². The first kappa shape index (κ1) is 28.0. The molecule has 5 rings (SSSR count). The second-order valence-corrected chi connectivity index (χ2v) is 11.1. The van der Waals surface area contributed by atoms with E-state index in [4.69, 9.17) is 14.2 Å². The van der Waals surface area contributed by atoms with Gasteiger partial charge in [0, 0.05) is 35.7 Å². The monoisotopic (exact) mass is 554 g/mol. The summed E-state index contributed by atoms with van der Waals surface area (Å²) in [6.07, 6.45) is 0.908. The molecule has 1 unspecified atom stereocenters. The molecule has 0 spiro atoms. The molecule has 2 aliphatic rings. The van der Waals surface area contributed by atoms with Gasteiger partial charge < -0.3 is 19.5 Å². The molecule has 0 radical (unpaired) electrons. The van der Waals surface area contributed by atoms with Gasteiger partial charge in [-0.05, 0) is 47.7 Å². The number of carbonyl (C=O) groups excluding carboxylic acids is 3. The summed E-state index contributed by atoms with van der Waals surface area (Å²) in [6, 6.07) is 17.1. The van der Waals surface area contributed by atoms with Crippen LogP contribution >= 0.6 is 0 Å². The molecular weight excluding hydrogens is 520 g/mol. The van der Waals surface area contributed by atoms with Gasteiger partial charge in [-0.2, -0.15) is 0 Å². The number of benzene rings is 3. The lowest BCUT2D eigenvalue weighted by Gasteiger charge is -2.37. The van der Waals surface area contributed by atoms with Gasteiger partial charge in [0.15, 0.2) is 23.1 Å². The Bertz CT molecular complexity index is 1550. The number of ketones is 2. The van der Waals surface area contributed by atoms with Crippen LogP contribution in [-0.2, 0) is 9.59 Å². The van der Waals surface area contributed by atoms with Gasteiger partial charge in [0.25, 0.3) is 0 Å². The Morgan fingerprint density at radius 3 is 2.12 bits per heavy atom. The molecular formula is C33H34N2O6. The number of allylic oxidation sites excluding steroid dienone is 1. The second-order valence-electron chi connectivity index (χ2n) is 11.1. The molecule has 3 aromatic rings. The van der Waals surface area contributed by atoms with Crippen molar-refractivity contribution in [2.45, 2.75) is 39.7 Å². The first-order valence-corrected chi connectivity index (χ1v) is 13.4. The van der Waals surface area contributed by atoms with E-state index in [1.165, 1.54) is 28.3 Å². The number of carbonyl (C=O) groups is 3. The number of ether oxygens (including phenoxy) is 3. The number of fused-ring (bicyclic) bond motifs is 1. The average molecular weight is 555 g/mol. The van der Waals surface area contributed by atoms with Crippen LogP contribution in [0.15, 0.2) is 71.9 Å². The fourth-order valence-electron chi connectivity index (χ4n) is 5.86. The molecule has 1 aliphatic carbocycles. The molecule has 0 fully saturated rings. The minimum atomic E-state index is -0.774. The number of nitrogens with one attached hydrogen (secondary N) is 1. The Hall–Kier alpha value is -4.59. The molecule has 3 aromatic carbocycles. The normalized spacial score (nSPS) is 17.6. The lowest BCUT2D eigenvalue weighted by molar-refractivity contribution is -0.118. The number of nitrogens with zero attached hydrogens (tertiary/aromatic N) is 1. The number of amides is 1. The van der Waals surface area contributed by atoms with Gasteiger partial charge in [0.2, 0.25) is 11.7 Å². The Labute approximate surface area is 239 Å². The zero-order valence-corrected chi connectivity index (χ0v) is 24.2. The number of methoxy groups -OCH3 is 3. The van der Waals surface area contributed by atoms with Gasteiger partial charge in [0.05, 0.1) is 38.7 Å². The predicted molar refractivity (Wildman–Crippen MR) is 157 cm³/mol. The van der Waals surface area contributed by atoms with Crippen LogP contribution in [-0.4, -0.2) is 38.8 Å². The maximum atomic E-state index is 13.9. The van der Waals surface area contributed by atoms with Gasteiger partial charge in [-0.15, -0.1) is 0 Å². The maximum Gasteiger partial charge on any atom is 0.224 e. The Morgan fingerprint density at radius 1 is 0.878 bits per heavy atom. The molecule has 0 saturated carbocycles. The summed E-state index contributed by atoms with van der Waals surface area (Å²) in [5, 5.41) is 3.48. The van der Waals surface area contributed by atoms with Crippen LogP contribution in [0.25, 0.3) is 0 Å². The van der Waals surface area contributed by atoms with E-state index in [1.807, 2.05) is 18.2 Å². The lowest BCUT2D eigenvalue weighted by Crippen LogP contribution is -2.38. The summed E-state index contributed by atoms with van der Waals surface area (Å²) in [5.41, 5.74) is 3.73. The van der Waals surface area contributed by atoms with Crippen LogP contribution < -0.4 is 24.4 Å². The van der Waals surface area contributed by atoms with Crippen LogP contribution in [0.1, 0.15) is 61.1 Å². The van der Waals surface area contributed by atoms with Gasteiger partial charge in [-0.1, -0.05) is 44.2 Å². The number of rotatable bonds is 6. The highest BCUT2D eigenvalue weighted by atomic mass is 16.5. The van der Waals surface area contributed by atoms with Crippen molar-refractivity contribution in [3.63, 3.8) is 0 Å². The van der Waals surface area contributed by atoms with Gasteiger partial charge >= 0.3 is 0 Å². The van der Waals surface area contributed by atoms with E-state index in [0.717, 1.165) is 5.70 Å². The van der Waals surface area contributed by atoms with Crippen molar-refractivity contribution in [1.29, 1.82) is 0 Å². The smallest absolute Gasteiger partial charge is 0.224 e. The number of Topliss-reactive ketones (excluding diaryl/α,β-unsaturated/α-hetero) is 1. The van der Waals surface area contributed by atoms with Gasteiger partial charge in [-0.25, -0.2) is 0 Å². The highest BCUT2D eigenvalue weighted by Gasteiger charge is 2.43. The molecule has 1 N–H and O–H groups in total. The van der Waals surface area contributed by atoms with Crippen molar-refractivity contribution in [1.82, 2.24) is 0 Å². The minimum Gasteiger partial charge on any atom is -0.493 e. The SMILES string of the molecule is COc1cc(C2C3=C(CC(C)(C)CC3=O)Nc3cc(C(=O)c4ccccc4)ccc3N2C(C)=O)cc(OC)c1OC. The summed E-state index contributed by atoms with van der Waals surface area (Å²) >= 11 is 0. The molecule has 41 heavy (non-hydrogen) atoms. The number of anilines is 2. The molecule has 1 aliphatic heterocycles. The topological polar surface area (TPSA) is 94.2 Å². The second kappa shape index (κ2) is 10.8. The van der Waals surface area contributed by atoms with Crippen LogP contribution in [0, 0.1) is 5.41 Å². The van der Waals surface area contributed by atoms with Crippen molar-refractivity contribution in [2.24, 2.45) is 5.41 Å². The third-order valence-electron chi connectivity index (χ3n) is 7.63. The quantitative estimate of drug-likeness (QED) is 0.368. The molecule has 8 nitrogen and oxygen atoms in total. The standard InChI is InChI=1S/C33H34N2O6/c1-19(36)35-25-13-12-21(31(38)20-10-8-7-9-11-20)14-23(25)34-24-17-33(2,3)18-26(37)29(24)30(35)22-15-27(39-4)32(41-6)28(16-22)40-5/h7-16,30,34H,17-18H2,1-6H3. The third-order valence-corrected chi connectivity index (χ3v) is 7.63. The van der Waals surface area contributed by atoms with Crippen molar-refractivity contribution in [2.75, 3.05) is 31.5 Å². The van der Waals surface area contributed by atoms with E-state index in [2.05, 4.69) is 19.2 Å². The van der Waals surface area contributed by atoms with E-state index >= 15 is 0 Å². The van der Waals surface area contributed by atoms with E-state index in [9.17, 15) is 14.4 Å². The summed E-state index contributed by atoms with van der Waals surface area (Å²) in [6.45, 7) is 5.57. The fraction of sp³-hybridized carbons (Fsp3) is 0.303. The van der Waals surface area contributed by atoms with Crippen molar-refractivity contribution < 1.29 is 28.6 Å². The predicted octanol–water partition coefficient (Wildman–Crippen LogP) is 6.11. The summed E-state index contributed by atoms with van der Waals surface area (Å²) in [5.74, 6) is 0.788. The van der Waals surface area contributed by atoms with E-state index < -0.39 is 6.04 Å². The number of hydrogen-bond acceptors (Lipinski definition) is 7. The first-order valence-electron chi connectivity index (χ1n) is 13.4. The molecule has 0 bridgehead atoms. The molecule has 1 heterocycles. The van der Waals surface area contributed by atoms with E-state index in [0.29, 0.717) is 63.7 Å². The maximum absolute atomic E-state index is 13.9. The zero-order chi connectivity index (χ0) is 29.5. The lowest BCUT2D eigenvalue weighted by atomic mass is 9.73. The highest BCUT2D eigenvalue weighted by Crippen LogP contribution is 2.50. The van der Waals surface area contributed by atoms with Crippen molar-refractivity contribution in [3.8, 4) is 17.2 Å².